The summed E-state index contributed by atoms with van der Waals surface area (Å²) in [6, 6.07) is 7.55. The molecule has 3 aromatic rings. The number of anilines is 2. The van der Waals surface area contributed by atoms with Crippen LogP contribution in [0.4, 0.5) is 14.9 Å². The number of rotatable bonds is 4. The number of hydrogen-bond acceptors (Lipinski definition) is 7. The van der Waals surface area contributed by atoms with Gasteiger partial charge in [-0.05, 0) is 29.6 Å². The molecule has 1 aliphatic heterocycles. The lowest BCUT2D eigenvalue weighted by molar-refractivity contribution is 0.208. The number of fused-ring (bicyclic) bond motifs is 1. The Kier molecular flexibility index (Phi) is 5.04. The van der Waals surface area contributed by atoms with Crippen LogP contribution in [-0.2, 0) is 0 Å². The molecule has 2 aromatic heterocycles. The summed E-state index contributed by atoms with van der Waals surface area (Å²) in [6.07, 6.45) is 0. The summed E-state index contributed by atoms with van der Waals surface area (Å²) in [7, 11) is 3.30. The normalized spacial score (nSPS) is 14.4. The van der Waals surface area contributed by atoms with Crippen molar-refractivity contribution in [3.8, 4) is 11.5 Å². The predicted octanol–water partition coefficient (Wildman–Crippen LogP) is 3.73. The van der Waals surface area contributed by atoms with Crippen LogP contribution in [0.2, 0.25) is 0 Å². The zero-order valence-electron chi connectivity index (χ0n) is 15.1. The number of nitrogens with one attached hydrogen (secondary N) is 1. The maximum absolute atomic E-state index is 12.4. The molecule has 0 aliphatic carbocycles. The minimum Gasteiger partial charge on any atom is -0.495 e. The lowest BCUT2D eigenvalue weighted by atomic mass is 10.3. The van der Waals surface area contributed by atoms with E-state index < -0.39 is 0 Å². The van der Waals surface area contributed by atoms with Crippen LogP contribution >= 0.6 is 22.7 Å². The molecule has 0 bridgehead atoms. The number of hydrogen-bond donors (Lipinski definition) is 1. The smallest absolute Gasteiger partial charge is 0.322 e. The van der Waals surface area contributed by atoms with Crippen LogP contribution < -0.4 is 19.7 Å². The highest BCUT2D eigenvalue weighted by atomic mass is 32.1. The molecule has 9 heteroatoms. The predicted molar refractivity (Wildman–Crippen MR) is 110 cm³/mol. The van der Waals surface area contributed by atoms with Gasteiger partial charge in [0, 0.05) is 26.2 Å². The van der Waals surface area contributed by atoms with Gasteiger partial charge in [-0.3, -0.25) is 5.32 Å². The Bertz CT molecular complexity index is 893. The number of thiazole rings is 1. The van der Waals surface area contributed by atoms with Gasteiger partial charge in [-0.2, -0.15) is 0 Å². The Hall–Kier alpha value is -2.52. The number of piperazine rings is 1. The van der Waals surface area contributed by atoms with Gasteiger partial charge in [0.15, 0.2) is 5.13 Å². The first kappa shape index (κ1) is 17.9. The van der Waals surface area contributed by atoms with Gasteiger partial charge in [-0.1, -0.05) is 11.3 Å². The Morgan fingerprint density at radius 1 is 1.11 bits per heavy atom. The summed E-state index contributed by atoms with van der Waals surface area (Å²) < 4.78 is 11.9. The fourth-order valence-electron chi connectivity index (χ4n) is 3.04. The average molecular weight is 405 g/mol. The van der Waals surface area contributed by atoms with Gasteiger partial charge in [0.2, 0.25) is 0 Å². The van der Waals surface area contributed by atoms with Crippen molar-refractivity contribution in [1.82, 2.24) is 9.88 Å². The van der Waals surface area contributed by atoms with Crippen molar-refractivity contribution in [3.05, 3.63) is 29.6 Å². The van der Waals surface area contributed by atoms with Crippen LogP contribution in [-0.4, -0.2) is 56.3 Å². The molecule has 1 aliphatic rings. The number of carbonyl (C=O) groups excluding carboxylic acids is 1. The highest BCUT2D eigenvalue weighted by molar-refractivity contribution is 7.22. The fourth-order valence-corrected chi connectivity index (χ4v) is 4.78. The number of aromatic nitrogens is 1. The Balaban J connectivity index is 1.47. The van der Waals surface area contributed by atoms with Crippen molar-refractivity contribution in [2.75, 3.05) is 50.6 Å². The van der Waals surface area contributed by atoms with Gasteiger partial charge >= 0.3 is 6.03 Å². The van der Waals surface area contributed by atoms with Gasteiger partial charge in [0.25, 0.3) is 0 Å². The molecule has 7 nitrogen and oxygen atoms in total. The number of nitrogens with zero attached hydrogens (tertiary/aromatic N) is 3. The first-order valence-corrected chi connectivity index (χ1v) is 10.2. The third-order valence-electron chi connectivity index (χ3n) is 4.49. The van der Waals surface area contributed by atoms with Gasteiger partial charge in [-0.25, -0.2) is 9.78 Å². The Labute approximate surface area is 165 Å². The SMILES string of the molecule is COc1ccc(OC)c2sc(N3CCN(C(=O)Nc4cccs4)CC3)nc12. The topological polar surface area (TPSA) is 66.9 Å². The average Bonchev–Trinajstić information content (AvgIpc) is 3.37. The van der Waals surface area contributed by atoms with Crippen molar-refractivity contribution in [2.45, 2.75) is 0 Å². The quantitative estimate of drug-likeness (QED) is 0.718. The molecular formula is C18H20N4O3S2. The van der Waals surface area contributed by atoms with Crippen LogP contribution in [0.15, 0.2) is 29.6 Å². The fraction of sp³-hybridized carbons (Fsp3) is 0.333. The van der Waals surface area contributed by atoms with Crippen molar-refractivity contribution in [1.29, 1.82) is 0 Å². The highest BCUT2D eigenvalue weighted by Crippen LogP contribution is 2.40. The number of amides is 2. The summed E-state index contributed by atoms with van der Waals surface area (Å²) in [5, 5.41) is 6.68. The standard InChI is InChI=1S/C18H20N4O3S2/c1-24-12-5-6-13(25-2)16-15(12)20-18(27-16)22-9-7-21(8-10-22)17(23)19-14-4-3-11-26-14/h3-6,11H,7-10H2,1-2H3,(H,19,23). The maximum atomic E-state index is 12.4. The molecule has 2 amide bonds. The molecule has 4 rings (SSSR count). The number of thiophene rings is 1. The molecule has 0 radical (unpaired) electrons. The molecule has 0 saturated carbocycles. The molecule has 1 aromatic carbocycles. The first-order chi connectivity index (χ1) is 13.2. The second-order valence-electron chi connectivity index (χ2n) is 6.03. The first-order valence-electron chi connectivity index (χ1n) is 8.55. The van der Waals surface area contributed by atoms with Crippen molar-refractivity contribution >= 4 is 49.1 Å². The summed E-state index contributed by atoms with van der Waals surface area (Å²) in [6.45, 7) is 2.79. The third kappa shape index (κ3) is 3.52. The van der Waals surface area contributed by atoms with Crippen LogP contribution in [0.1, 0.15) is 0 Å². The van der Waals surface area contributed by atoms with E-state index in [1.54, 1.807) is 25.6 Å². The lowest BCUT2D eigenvalue weighted by Gasteiger charge is -2.34. The Morgan fingerprint density at radius 2 is 1.85 bits per heavy atom. The van der Waals surface area contributed by atoms with E-state index in [4.69, 9.17) is 14.5 Å². The molecule has 1 fully saturated rings. The van der Waals surface area contributed by atoms with E-state index in [2.05, 4.69) is 10.2 Å². The van der Waals surface area contributed by atoms with E-state index >= 15 is 0 Å². The second-order valence-corrected chi connectivity index (χ2v) is 7.95. The van der Waals surface area contributed by atoms with Crippen molar-refractivity contribution in [2.24, 2.45) is 0 Å². The van der Waals surface area contributed by atoms with Crippen LogP contribution in [0.25, 0.3) is 10.2 Å². The van der Waals surface area contributed by atoms with E-state index in [1.807, 2.05) is 34.5 Å². The van der Waals surface area contributed by atoms with E-state index in [-0.39, 0.29) is 6.03 Å². The number of ether oxygens (including phenoxy) is 2. The highest BCUT2D eigenvalue weighted by Gasteiger charge is 2.24. The molecule has 142 valence electrons. The number of methoxy groups -OCH3 is 2. The summed E-state index contributed by atoms with van der Waals surface area (Å²) in [4.78, 5) is 21.2. The zero-order valence-corrected chi connectivity index (χ0v) is 16.7. The minimum absolute atomic E-state index is 0.0512. The molecule has 0 unspecified atom stereocenters. The monoisotopic (exact) mass is 404 g/mol. The van der Waals surface area contributed by atoms with E-state index in [9.17, 15) is 4.79 Å². The lowest BCUT2D eigenvalue weighted by Crippen LogP contribution is -2.50. The van der Waals surface area contributed by atoms with Crippen molar-refractivity contribution in [3.63, 3.8) is 0 Å². The van der Waals surface area contributed by atoms with Crippen LogP contribution in [0.3, 0.4) is 0 Å². The minimum atomic E-state index is -0.0512. The number of benzene rings is 1. The molecule has 0 spiro atoms. The molecule has 0 atom stereocenters. The number of carbonyl (C=O) groups is 1. The van der Waals surface area contributed by atoms with Gasteiger partial charge in [-0.15, -0.1) is 11.3 Å². The van der Waals surface area contributed by atoms with E-state index in [0.29, 0.717) is 13.1 Å². The largest absolute Gasteiger partial charge is 0.495 e. The van der Waals surface area contributed by atoms with E-state index in [0.717, 1.165) is 44.9 Å². The Morgan fingerprint density at radius 3 is 2.52 bits per heavy atom. The van der Waals surface area contributed by atoms with Crippen molar-refractivity contribution < 1.29 is 14.3 Å². The molecular weight excluding hydrogens is 384 g/mol. The maximum Gasteiger partial charge on any atom is 0.322 e. The summed E-state index contributed by atoms with van der Waals surface area (Å²) in [5.74, 6) is 1.53. The molecule has 1 saturated heterocycles. The molecule has 1 N–H and O–H groups in total. The molecule has 27 heavy (non-hydrogen) atoms. The zero-order chi connectivity index (χ0) is 18.8. The van der Waals surface area contributed by atoms with E-state index in [1.165, 1.54) is 11.3 Å². The number of urea groups is 1. The van der Waals surface area contributed by atoms with Crippen LogP contribution in [0, 0.1) is 0 Å². The molecule has 3 heterocycles. The van der Waals surface area contributed by atoms with Crippen LogP contribution in [0.5, 0.6) is 11.5 Å². The van der Waals surface area contributed by atoms with Gasteiger partial charge < -0.3 is 19.3 Å². The van der Waals surface area contributed by atoms with Gasteiger partial charge in [0.1, 0.15) is 21.7 Å². The second kappa shape index (κ2) is 7.61. The van der Waals surface area contributed by atoms with Gasteiger partial charge in [0.05, 0.1) is 19.2 Å². The summed E-state index contributed by atoms with van der Waals surface area (Å²) in [5.41, 5.74) is 0.815. The third-order valence-corrected chi connectivity index (χ3v) is 6.40. The summed E-state index contributed by atoms with van der Waals surface area (Å²) >= 11 is 3.11.